The maximum atomic E-state index is 13.7. The number of para-hydroxylation sites is 1. The van der Waals surface area contributed by atoms with Crippen LogP contribution in [0.1, 0.15) is 44.0 Å². The quantitative estimate of drug-likeness (QED) is 0.752. The lowest BCUT2D eigenvalue weighted by Gasteiger charge is -2.16. The van der Waals surface area contributed by atoms with E-state index >= 15 is 0 Å². The highest BCUT2D eigenvalue weighted by molar-refractivity contribution is 6.00. The Kier molecular flexibility index (Phi) is 6.14. The molecule has 0 spiro atoms. The lowest BCUT2D eigenvalue weighted by molar-refractivity contribution is 0.0697. The minimum Gasteiger partial charge on any atom is -0.478 e. The van der Waals surface area contributed by atoms with Crippen molar-refractivity contribution in [2.75, 3.05) is 5.32 Å². The topological polar surface area (TPSA) is 78.4 Å². The van der Waals surface area contributed by atoms with E-state index in [-0.39, 0.29) is 17.3 Å². The number of hydrogen-bond donors (Lipinski definition) is 3. The Bertz CT molecular complexity index is 518. The van der Waals surface area contributed by atoms with Gasteiger partial charge in [-0.3, -0.25) is 0 Å². The first-order valence-electron chi connectivity index (χ1n) is 6.90. The number of carbonyl (C=O) groups is 2. The number of carboxylic acids is 1. The van der Waals surface area contributed by atoms with Crippen molar-refractivity contribution in [1.82, 2.24) is 5.32 Å². The molecular formula is C15H21FN2O3. The van der Waals surface area contributed by atoms with Gasteiger partial charge in [-0.1, -0.05) is 19.9 Å². The Balaban J connectivity index is 2.69. The molecule has 0 saturated carbocycles. The van der Waals surface area contributed by atoms with Crippen molar-refractivity contribution >= 4 is 17.7 Å². The van der Waals surface area contributed by atoms with Gasteiger partial charge in [0.2, 0.25) is 0 Å². The summed E-state index contributed by atoms with van der Waals surface area (Å²) in [6.07, 6.45) is 1.76. The number of halogens is 1. The van der Waals surface area contributed by atoms with E-state index in [0.29, 0.717) is 5.92 Å². The van der Waals surface area contributed by atoms with Crippen LogP contribution in [0.3, 0.4) is 0 Å². The van der Waals surface area contributed by atoms with Crippen LogP contribution < -0.4 is 10.6 Å². The number of amides is 2. The largest absolute Gasteiger partial charge is 0.478 e. The number of hydrogen-bond acceptors (Lipinski definition) is 2. The molecule has 5 nitrogen and oxygen atoms in total. The standard InChI is InChI=1S/C15H21FN2O3/c1-9(2)7-8-10(3)17-15(21)18-13-11(14(19)20)5-4-6-12(13)16/h4-6,9-10H,7-8H2,1-3H3,(H,19,20)(H2,17,18,21). The van der Waals surface area contributed by atoms with Gasteiger partial charge in [0, 0.05) is 6.04 Å². The molecule has 0 heterocycles. The Morgan fingerprint density at radius 1 is 1.24 bits per heavy atom. The molecule has 0 fully saturated rings. The van der Waals surface area contributed by atoms with E-state index in [4.69, 9.17) is 5.11 Å². The first-order chi connectivity index (χ1) is 9.81. The highest BCUT2D eigenvalue weighted by atomic mass is 19.1. The normalized spacial score (nSPS) is 12.0. The molecule has 0 aliphatic rings. The monoisotopic (exact) mass is 296 g/mol. The van der Waals surface area contributed by atoms with E-state index in [9.17, 15) is 14.0 Å². The van der Waals surface area contributed by atoms with Crippen molar-refractivity contribution in [3.05, 3.63) is 29.6 Å². The zero-order chi connectivity index (χ0) is 16.0. The fourth-order valence-electron chi connectivity index (χ4n) is 1.86. The summed E-state index contributed by atoms with van der Waals surface area (Å²) in [7, 11) is 0. The van der Waals surface area contributed by atoms with E-state index in [1.807, 2.05) is 6.92 Å². The maximum absolute atomic E-state index is 13.7. The van der Waals surface area contributed by atoms with Crippen LogP contribution in [0.15, 0.2) is 18.2 Å². The van der Waals surface area contributed by atoms with Gasteiger partial charge in [-0.25, -0.2) is 14.0 Å². The van der Waals surface area contributed by atoms with E-state index in [1.165, 1.54) is 12.1 Å². The SMILES string of the molecule is CC(C)CCC(C)NC(=O)Nc1c(F)cccc1C(=O)O. The number of carbonyl (C=O) groups excluding carboxylic acids is 1. The van der Waals surface area contributed by atoms with Crippen molar-refractivity contribution in [2.24, 2.45) is 5.92 Å². The minimum atomic E-state index is -1.29. The summed E-state index contributed by atoms with van der Waals surface area (Å²) < 4.78 is 13.7. The van der Waals surface area contributed by atoms with Crippen molar-refractivity contribution < 1.29 is 19.1 Å². The predicted molar refractivity (Wildman–Crippen MR) is 79.0 cm³/mol. The molecule has 6 heteroatoms. The first-order valence-corrected chi connectivity index (χ1v) is 6.90. The smallest absolute Gasteiger partial charge is 0.337 e. The lowest BCUT2D eigenvalue weighted by Crippen LogP contribution is -2.36. The molecule has 0 aliphatic carbocycles. The van der Waals surface area contributed by atoms with Gasteiger partial charge < -0.3 is 15.7 Å². The molecule has 1 aromatic carbocycles. The highest BCUT2D eigenvalue weighted by Crippen LogP contribution is 2.19. The number of anilines is 1. The molecule has 0 aliphatic heterocycles. The van der Waals surface area contributed by atoms with E-state index in [2.05, 4.69) is 24.5 Å². The average Bonchev–Trinajstić information content (AvgIpc) is 2.38. The van der Waals surface area contributed by atoms with Crippen LogP contribution in [-0.2, 0) is 0 Å². The highest BCUT2D eigenvalue weighted by Gasteiger charge is 2.17. The predicted octanol–water partition coefficient (Wildman–Crippen LogP) is 3.47. The Hall–Kier alpha value is -2.11. The molecular weight excluding hydrogens is 275 g/mol. The Morgan fingerprint density at radius 3 is 2.48 bits per heavy atom. The molecule has 116 valence electrons. The van der Waals surface area contributed by atoms with Gasteiger partial charge in [-0.15, -0.1) is 0 Å². The van der Waals surface area contributed by atoms with Gasteiger partial charge in [0.25, 0.3) is 0 Å². The zero-order valence-corrected chi connectivity index (χ0v) is 12.4. The van der Waals surface area contributed by atoms with Gasteiger partial charge in [-0.05, 0) is 37.8 Å². The molecule has 1 atom stereocenters. The second-order valence-corrected chi connectivity index (χ2v) is 5.44. The minimum absolute atomic E-state index is 0.0764. The van der Waals surface area contributed by atoms with Crippen LogP contribution >= 0.6 is 0 Å². The van der Waals surface area contributed by atoms with Gasteiger partial charge in [0.15, 0.2) is 0 Å². The Morgan fingerprint density at radius 2 is 1.90 bits per heavy atom. The fraction of sp³-hybridized carbons (Fsp3) is 0.467. The summed E-state index contributed by atoms with van der Waals surface area (Å²) in [5.74, 6) is -1.54. The van der Waals surface area contributed by atoms with Crippen molar-refractivity contribution in [2.45, 2.75) is 39.7 Å². The van der Waals surface area contributed by atoms with E-state index in [1.54, 1.807) is 0 Å². The van der Waals surface area contributed by atoms with Gasteiger partial charge in [0.1, 0.15) is 5.82 Å². The number of rotatable bonds is 6. The average molecular weight is 296 g/mol. The summed E-state index contributed by atoms with van der Waals surface area (Å²) in [6.45, 7) is 6.03. The third-order valence-electron chi connectivity index (χ3n) is 3.04. The summed E-state index contributed by atoms with van der Waals surface area (Å²) >= 11 is 0. The third kappa shape index (κ3) is 5.41. The van der Waals surface area contributed by atoms with Gasteiger partial charge >= 0.3 is 12.0 Å². The van der Waals surface area contributed by atoms with Crippen LogP contribution in [-0.4, -0.2) is 23.1 Å². The van der Waals surface area contributed by atoms with Crippen molar-refractivity contribution in [3.8, 4) is 0 Å². The first kappa shape index (κ1) is 16.9. The molecule has 21 heavy (non-hydrogen) atoms. The molecule has 1 unspecified atom stereocenters. The molecule has 0 radical (unpaired) electrons. The van der Waals surface area contributed by atoms with Crippen LogP contribution in [0.2, 0.25) is 0 Å². The molecule has 2 amide bonds. The number of aromatic carboxylic acids is 1. The lowest BCUT2D eigenvalue weighted by atomic mass is 10.0. The van der Waals surface area contributed by atoms with Crippen LogP contribution in [0.5, 0.6) is 0 Å². The fourth-order valence-corrected chi connectivity index (χ4v) is 1.86. The number of nitrogens with one attached hydrogen (secondary N) is 2. The van der Waals surface area contributed by atoms with Crippen LogP contribution in [0.25, 0.3) is 0 Å². The molecule has 3 N–H and O–H groups in total. The summed E-state index contributed by atoms with van der Waals surface area (Å²) in [6, 6.07) is 2.94. The van der Waals surface area contributed by atoms with Gasteiger partial charge in [0.05, 0.1) is 11.3 Å². The second-order valence-electron chi connectivity index (χ2n) is 5.44. The van der Waals surface area contributed by atoms with Crippen LogP contribution in [0, 0.1) is 11.7 Å². The molecule has 1 aromatic rings. The van der Waals surface area contributed by atoms with E-state index in [0.717, 1.165) is 18.9 Å². The number of benzene rings is 1. The summed E-state index contributed by atoms with van der Waals surface area (Å²) in [5.41, 5.74) is -0.599. The van der Waals surface area contributed by atoms with Crippen molar-refractivity contribution in [1.29, 1.82) is 0 Å². The molecule has 0 bridgehead atoms. The zero-order valence-electron chi connectivity index (χ0n) is 12.4. The second kappa shape index (κ2) is 7.61. The van der Waals surface area contributed by atoms with E-state index < -0.39 is 17.8 Å². The van der Waals surface area contributed by atoms with Gasteiger partial charge in [-0.2, -0.15) is 0 Å². The van der Waals surface area contributed by atoms with Crippen molar-refractivity contribution in [3.63, 3.8) is 0 Å². The molecule has 1 rings (SSSR count). The maximum Gasteiger partial charge on any atom is 0.337 e. The number of urea groups is 1. The third-order valence-corrected chi connectivity index (χ3v) is 3.04. The Labute approximate surface area is 123 Å². The summed E-state index contributed by atoms with van der Waals surface area (Å²) in [5, 5.41) is 13.9. The molecule has 0 aromatic heterocycles. The summed E-state index contributed by atoms with van der Waals surface area (Å²) in [4.78, 5) is 22.8. The number of carboxylic acid groups (broad SMARTS) is 1. The molecule has 0 saturated heterocycles. The van der Waals surface area contributed by atoms with Crippen LogP contribution in [0.4, 0.5) is 14.9 Å².